The molecule has 0 bridgehead atoms. The van der Waals surface area contributed by atoms with Crippen LogP contribution in [-0.4, -0.2) is 41.4 Å². The number of hydrogen-bond donors (Lipinski definition) is 0. The van der Waals surface area contributed by atoms with Crippen LogP contribution in [0, 0.1) is 6.92 Å². The van der Waals surface area contributed by atoms with Crippen molar-refractivity contribution in [3.8, 4) is 11.3 Å². The van der Waals surface area contributed by atoms with Crippen molar-refractivity contribution in [2.75, 3.05) is 36.0 Å². The normalized spacial score (nSPS) is 15.0. The van der Waals surface area contributed by atoms with Gasteiger partial charge in [0, 0.05) is 37.4 Å². The molecule has 1 aliphatic heterocycles. The van der Waals surface area contributed by atoms with E-state index in [0.29, 0.717) is 0 Å². The lowest BCUT2D eigenvalue weighted by Gasteiger charge is -2.23. The van der Waals surface area contributed by atoms with E-state index in [-0.39, 0.29) is 0 Å². The zero-order valence-corrected chi connectivity index (χ0v) is 15.0. The maximum absolute atomic E-state index is 4.80. The van der Waals surface area contributed by atoms with E-state index in [1.54, 1.807) is 6.20 Å². The number of benzene rings is 2. The predicted molar refractivity (Wildman–Crippen MR) is 105 cm³/mol. The van der Waals surface area contributed by atoms with Gasteiger partial charge in [-0.05, 0) is 31.0 Å². The first-order valence-electron chi connectivity index (χ1n) is 9.12. The third kappa shape index (κ3) is 3.52. The van der Waals surface area contributed by atoms with Crippen molar-refractivity contribution in [3.63, 3.8) is 0 Å². The molecule has 1 aliphatic rings. The number of nitrogens with zero attached hydrogens (tertiary/aromatic N) is 5. The van der Waals surface area contributed by atoms with Crippen molar-refractivity contribution in [2.45, 2.75) is 13.3 Å². The highest BCUT2D eigenvalue weighted by atomic mass is 15.3. The minimum atomic E-state index is 0.723. The van der Waals surface area contributed by atoms with E-state index in [1.807, 2.05) is 12.1 Å². The molecule has 5 nitrogen and oxygen atoms in total. The topological polar surface area (TPSA) is 45.2 Å². The smallest absolute Gasteiger partial charge is 0.245 e. The molecular weight excluding hydrogens is 322 g/mol. The molecule has 4 rings (SSSR count). The van der Waals surface area contributed by atoms with E-state index in [1.165, 1.54) is 11.3 Å². The zero-order valence-electron chi connectivity index (χ0n) is 15.0. The molecule has 0 radical (unpaired) electrons. The van der Waals surface area contributed by atoms with Gasteiger partial charge in [-0.3, -0.25) is 0 Å². The molecule has 3 aromatic rings. The summed E-state index contributed by atoms with van der Waals surface area (Å²) in [7, 11) is 0. The van der Waals surface area contributed by atoms with Crippen LogP contribution in [0.1, 0.15) is 12.0 Å². The number of aromatic nitrogens is 3. The maximum Gasteiger partial charge on any atom is 0.245 e. The van der Waals surface area contributed by atoms with Gasteiger partial charge in [-0.15, -0.1) is 5.10 Å². The molecule has 5 heteroatoms. The summed E-state index contributed by atoms with van der Waals surface area (Å²) >= 11 is 0. The minimum Gasteiger partial charge on any atom is -0.370 e. The summed E-state index contributed by atoms with van der Waals surface area (Å²) in [5.41, 5.74) is 4.48. The number of anilines is 2. The van der Waals surface area contributed by atoms with E-state index in [9.17, 15) is 0 Å². The summed E-state index contributed by atoms with van der Waals surface area (Å²) in [5.74, 6) is 0.723. The van der Waals surface area contributed by atoms with Crippen LogP contribution in [0.5, 0.6) is 0 Å². The Hall–Kier alpha value is -2.95. The molecule has 1 fully saturated rings. The Labute approximate surface area is 154 Å². The average Bonchev–Trinajstić information content (AvgIpc) is 2.95. The van der Waals surface area contributed by atoms with E-state index in [4.69, 9.17) is 4.98 Å². The summed E-state index contributed by atoms with van der Waals surface area (Å²) in [6, 6.07) is 18.9. The summed E-state index contributed by atoms with van der Waals surface area (Å²) in [6.07, 6.45) is 2.83. The SMILES string of the molecule is Cc1ccccc1-c1cnnc(N2CCCN(c3ccccc3)CC2)n1. The van der Waals surface area contributed by atoms with Crippen LogP contribution in [0.2, 0.25) is 0 Å². The first kappa shape index (κ1) is 16.5. The summed E-state index contributed by atoms with van der Waals surface area (Å²) in [5, 5.41) is 8.52. The molecule has 132 valence electrons. The second-order valence-corrected chi connectivity index (χ2v) is 6.62. The van der Waals surface area contributed by atoms with Crippen molar-refractivity contribution in [1.29, 1.82) is 0 Å². The average molecular weight is 345 g/mol. The Balaban J connectivity index is 1.53. The molecule has 0 saturated carbocycles. The quantitative estimate of drug-likeness (QED) is 0.726. The molecule has 26 heavy (non-hydrogen) atoms. The Morgan fingerprint density at radius 3 is 2.38 bits per heavy atom. The molecule has 0 aliphatic carbocycles. The number of rotatable bonds is 3. The molecule has 1 saturated heterocycles. The largest absolute Gasteiger partial charge is 0.370 e. The molecule has 0 spiro atoms. The lowest BCUT2D eigenvalue weighted by molar-refractivity contribution is 0.765. The van der Waals surface area contributed by atoms with Gasteiger partial charge in [0.25, 0.3) is 0 Å². The second-order valence-electron chi connectivity index (χ2n) is 6.62. The monoisotopic (exact) mass is 345 g/mol. The van der Waals surface area contributed by atoms with Gasteiger partial charge in [-0.25, -0.2) is 4.98 Å². The Morgan fingerprint density at radius 1 is 0.808 bits per heavy atom. The third-order valence-electron chi connectivity index (χ3n) is 4.87. The molecule has 0 N–H and O–H groups in total. The van der Waals surface area contributed by atoms with Gasteiger partial charge in [0.15, 0.2) is 0 Å². The summed E-state index contributed by atoms with van der Waals surface area (Å²) < 4.78 is 0. The predicted octanol–water partition coefficient (Wildman–Crippen LogP) is 3.56. The van der Waals surface area contributed by atoms with Gasteiger partial charge >= 0.3 is 0 Å². The summed E-state index contributed by atoms with van der Waals surface area (Å²) in [4.78, 5) is 9.48. The van der Waals surface area contributed by atoms with Crippen molar-refractivity contribution in [2.24, 2.45) is 0 Å². The van der Waals surface area contributed by atoms with Crippen LogP contribution >= 0.6 is 0 Å². The van der Waals surface area contributed by atoms with Gasteiger partial charge in [0.1, 0.15) is 0 Å². The van der Waals surface area contributed by atoms with E-state index in [0.717, 1.165) is 49.8 Å². The number of hydrogen-bond acceptors (Lipinski definition) is 5. The highest BCUT2D eigenvalue weighted by Gasteiger charge is 2.18. The van der Waals surface area contributed by atoms with Crippen LogP contribution in [-0.2, 0) is 0 Å². The zero-order chi connectivity index (χ0) is 17.8. The first-order chi connectivity index (χ1) is 12.8. The standard InChI is InChI=1S/C21H23N5/c1-17-8-5-6-11-19(17)20-16-22-24-21(23-20)26-13-7-12-25(14-15-26)18-9-3-2-4-10-18/h2-6,8-11,16H,7,12-15H2,1H3. The van der Waals surface area contributed by atoms with E-state index < -0.39 is 0 Å². The summed E-state index contributed by atoms with van der Waals surface area (Å²) in [6.45, 7) is 5.95. The molecule has 2 heterocycles. The highest BCUT2D eigenvalue weighted by molar-refractivity contribution is 5.63. The van der Waals surface area contributed by atoms with Gasteiger partial charge < -0.3 is 9.80 Å². The van der Waals surface area contributed by atoms with Crippen molar-refractivity contribution in [3.05, 3.63) is 66.4 Å². The molecule has 1 aromatic heterocycles. The third-order valence-corrected chi connectivity index (χ3v) is 4.87. The van der Waals surface area contributed by atoms with E-state index >= 15 is 0 Å². The van der Waals surface area contributed by atoms with Crippen molar-refractivity contribution >= 4 is 11.6 Å². The van der Waals surface area contributed by atoms with Gasteiger partial charge in [0.05, 0.1) is 11.9 Å². The van der Waals surface area contributed by atoms with E-state index in [2.05, 4.69) is 69.4 Å². The minimum absolute atomic E-state index is 0.723. The Kier molecular flexibility index (Phi) is 4.78. The lowest BCUT2D eigenvalue weighted by atomic mass is 10.1. The van der Waals surface area contributed by atoms with Crippen molar-refractivity contribution in [1.82, 2.24) is 15.2 Å². The number of aryl methyl sites for hydroxylation is 1. The fourth-order valence-electron chi connectivity index (χ4n) is 3.43. The lowest BCUT2D eigenvalue weighted by Crippen LogP contribution is -2.31. The first-order valence-corrected chi connectivity index (χ1v) is 9.12. The highest BCUT2D eigenvalue weighted by Crippen LogP contribution is 2.23. The van der Waals surface area contributed by atoms with Crippen LogP contribution in [0.3, 0.4) is 0 Å². The van der Waals surface area contributed by atoms with Crippen LogP contribution < -0.4 is 9.80 Å². The van der Waals surface area contributed by atoms with Gasteiger partial charge in [-0.2, -0.15) is 5.10 Å². The fourth-order valence-corrected chi connectivity index (χ4v) is 3.43. The van der Waals surface area contributed by atoms with Crippen LogP contribution in [0.25, 0.3) is 11.3 Å². The Bertz CT molecular complexity index is 865. The Morgan fingerprint density at radius 2 is 1.54 bits per heavy atom. The van der Waals surface area contributed by atoms with Crippen LogP contribution in [0.15, 0.2) is 60.8 Å². The van der Waals surface area contributed by atoms with Crippen LogP contribution in [0.4, 0.5) is 11.6 Å². The molecule has 2 aromatic carbocycles. The van der Waals surface area contributed by atoms with Gasteiger partial charge in [-0.1, -0.05) is 42.5 Å². The fraction of sp³-hybridized carbons (Fsp3) is 0.286. The maximum atomic E-state index is 4.80. The molecule has 0 atom stereocenters. The van der Waals surface area contributed by atoms with Crippen molar-refractivity contribution < 1.29 is 0 Å². The number of para-hydroxylation sites is 1. The molecule has 0 unspecified atom stereocenters. The molecule has 0 amide bonds. The second kappa shape index (κ2) is 7.52. The van der Waals surface area contributed by atoms with Gasteiger partial charge in [0.2, 0.25) is 5.95 Å². The molecular formula is C21H23N5.